The van der Waals surface area contributed by atoms with Gasteiger partial charge in [0, 0.05) is 6.54 Å². The second-order valence-corrected chi connectivity index (χ2v) is 3.26. The van der Waals surface area contributed by atoms with E-state index in [2.05, 4.69) is 4.90 Å². The molecule has 70 valence electrons. The number of likely N-dealkylation sites (N-methyl/N-ethyl adjacent to an activating group) is 1. The van der Waals surface area contributed by atoms with E-state index in [-0.39, 0.29) is 12.0 Å². The van der Waals surface area contributed by atoms with Crippen LogP contribution in [0.4, 0.5) is 4.39 Å². The minimum atomic E-state index is -0.204. The van der Waals surface area contributed by atoms with Crippen molar-refractivity contribution < 1.29 is 9.13 Å². The lowest BCUT2D eigenvalue weighted by atomic mass is 10.2. The molecule has 1 aromatic carbocycles. The van der Waals surface area contributed by atoms with Crippen molar-refractivity contribution in [1.29, 1.82) is 0 Å². The van der Waals surface area contributed by atoms with E-state index in [1.54, 1.807) is 12.1 Å². The van der Waals surface area contributed by atoms with Crippen LogP contribution in [0.1, 0.15) is 11.8 Å². The SMILES string of the molecule is CN1CCOC1c1ccc(F)cc1. The van der Waals surface area contributed by atoms with Crippen LogP contribution in [0.5, 0.6) is 0 Å². The number of halogens is 1. The standard InChI is InChI=1S/C10H12FNO/c1-12-6-7-13-10(12)8-2-4-9(11)5-3-8/h2-5,10H,6-7H2,1H3. The predicted molar refractivity (Wildman–Crippen MR) is 47.7 cm³/mol. The van der Waals surface area contributed by atoms with Crippen molar-refractivity contribution in [2.24, 2.45) is 0 Å². The summed E-state index contributed by atoms with van der Waals surface area (Å²) in [6, 6.07) is 6.46. The number of benzene rings is 1. The molecule has 1 atom stereocenters. The fourth-order valence-electron chi connectivity index (χ4n) is 1.53. The lowest BCUT2D eigenvalue weighted by molar-refractivity contribution is 0.0453. The van der Waals surface area contributed by atoms with Gasteiger partial charge in [-0.3, -0.25) is 4.90 Å². The van der Waals surface area contributed by atoms with Gasteiger partial charge >= 0.3 is 0 Å². The fourth-order valence-corrected chi connectivity index (χ4v) is 1.53. The van der Waals surface area contributed by atoms with E-state index in [0.717, 1.165) is 18.7 Å². The third-order valence-corrected chi connectivity index (χ3v) is 2.28. The van der Waals surface area contributed by atoms with Gasteiger partial charge in [-0.05, 0) is 24.7 Å². The van der Waals surface area contributed by atoms with E-state index in [4.69, 9.17) is 4.74 Å². The molecule has 1 fully saturated rings. The average Bonchev–Trinajstić information content (AvgIpc) is 2.53. The molecule has 1 aromatic rings. The molecule has 1 saturated heterocycles. The summed E-state index contributed by atoms with van der Waals surface area (Å²) in [6.45, 7) is 1.68. The second-order valence-electron chi connectivity index (χ2n) is 3.26. The molecule has 1 aliphatic heterocycles. The molecule has 0 aliphatic carbocycles. The van der Waals surface area contributed by atoms with Gasteiger partial charge in [0.15, 0.2) is 0 Å². The quantitative estimate of drug-likeness (QED) is 0.655. The average molecular weight is 181 g/mol. The Kier molecular flexibility index (Phi) is 2.29. The summed E-state index contributed by atoms with van der Waals surface area (Å²) in [5.74, 6) is -0.204. The van der Waals surface area contributed by atoms with Crippen LogP contribution in [-0.2, 0) is 4.74 Å². The van der Waals surface area contributed by atoms with E-state index in [9.17, 15) is 4.39 Å². The highest BCUT2D eigenvalue weighted by Gasteiger charge is 2.22. The Morgan fingerprint density at radius 1 is 1.38 bits per heavy atom. The minimum absolute atomic E-state index is 0.000556. The van der Waals surface area contributed by atoms with Gasteiger partial charge in [0.1, 0.15) is 12.0 Å². The zero-order valence-electron chi connectivity index (χ0n) is 7.53. The van der Waals surface area contributed by atoms with Gasteiger partial charge in [-0.1, -0.05) is 12.1 Å². The van der Waals surface area contributed by atoms with Gasteiger partial charge in [0.25, 0.3) is 0 Å². The van der Waals surface area contributed by atoms with Crippen LogP contribution in [0.2, 0.25) is 0 Å². The molecule has 13 heavy (non-hydrogen) atoms. The first kappa shape index (κ1) is 8.66. The van der Waals surface area contributed by atoms with E-state index in [1.807, 2.05) is 7.05 Å². The Balaban J connectivity index is 2.20. The number of rotatable bonds is 1. The highest BCUT2D eigenvalue weighted by Crippen LogP contribution is 2.24. The third kappa shape index (κ3) is 1.71. The third-order valence-electron chi connectivity index (χ3n) is 2.28. The van der Waals surface area contributed by atoms with Crippen LogP contribution in [0, 0.1) is 5.82 Å². The summed E-state index contributed by atoms with van der Waals surface area (Å²) in [5.41, 5.74) is 1.02. The molecular formula is C10H12FNO. The van der Waals surface area contributed by atoms with Crippen LogP contribution in [0.15, 0.2) is 24.3 Å². The van der Waals surface area contributed by atoms with Crippen molar-refractivity contribution in [1.82, 2.24) is 4.90 Å². The Labute approximate surface area is 76.9 Å². The molecule has 2 rings (SSSR count). The highest BCUT2D eigenvalue weighted by atomic mass is 19.1. The van der Waals surface area contributed by atoms with Gasteiger partial charge < -0.3 is 4.74 Å². The van der Waals surface area contributed by atoms with E-state index in [0.29, 0.717) is 0 Å². The normalized spacial score (nSPS) is 23.7. The summed E-state index contributed by atoms with van der Waals surface area (Å²) >= 11 is 0. The first-order valence-electron chi connectivity index (χ1n) is 4.35. The van der Waals surface area contributed by atoms with Gasteiger partial charge in [-0.2, -0.15) is 0 Å². The predicted octanol–water partition coefficient (Wildman–Crippen LogP) is 1.79. The minimum Gasteiger partial charge on any atom is -0.358 e. The molecule has 0 N–H and O–H groups in total. The zero-order valence-corrected chi connectivity index (χ0v) is 7.53. The Morgan fingerprint density at radius 2 is 2.08 bits per heavy atom. The first-order chi connectivity index (χ1) is 6.27. The van der Waals surface area contributed by atoms with Crippen molar-refractivity contribution in [2.75, 3.05) is 20.2 Å². The maximum Gasteiger partial charge on any atom is 0.136 e. The Morgan fingerprint density at radius 3 is 2.62 bits per heavy atom. The number of nitrogens with zero attached hydrogens (tertiary/aromatic N) is 1. The topological polar surface area (TPSA) is 12.5 Å². The maximum absolute atomic E-state index is 12.6. The van der Waals surface area contributed by atoms with Gasteiger partial charge in [0.2, 0.25) is 0 Å². The van der Waals surface area contributed by atoms with Crippen molar-refractivity contribution >= 4 is 0 Å². The molecule has 1 unspecified atom stereocenters. The molecule has 0 amide bonds. The first-order valence-corrected chi connectivity index (χ1v) is 4.35. The van der Waals surface area contributed by atoms with Crippen molar-refractivity contribution in [2.45, 2.75) is 6.23 Å². The highest BCUT2D eigenvalue weighted by molar-refractivity contribution is 5.18. The van der Waals surface area contributed by atoms with Gasteiger partial charge in [-0.15, -0.1) is 0 Å². The summed E-state index contributed by atoms with van der Waals surface area (Å²) in [4.78, 5) is 2.10. The summed E-state index contributed by atoms with van der Waals surface area (Å²) in [6.07, 6.45) is 0.000556. The van der Waals surface area contributed by atoms with Crippen LogP contribution in [0.25, 0.3) is 0 Å². The molecular weight excluding hydrogens is 169 g/mol. The molecule has 0 aromatic heterocycles. The van der Waals surface area contributed by atoms with Gasteiger partial charge in [0.05, 0.1) is 6.61 Å². The number of hydrogen-bond acceptors (Lipinski definition) is 2. The Bertz CT molecular complexity index is 285. The van der Waals surface area contributed by atoms with Crippen molar-refractivity contribution in [3.63, 3.8) is 0 Å². The Hall–Kier alpha value is -0.930. The largest absolute Gasteiger partial charge is 0.358 e. The van der Waals surface area contributed by atoms with E-state index in [1.165, 1.54) is 12.1 Å². The lowest BCUT2D eigenvalue weighted by Gasteiger charge is -2.17. The van der Waals surface area contributed by atoms with E-state index >= 15 is 0 Å². The molecule has 0 radical (unpaired) electrons. The molecule has 2 nitrogen and oxygen atoms in total. The molecule has 1 aliphatic rings. The molecule has 3 heteroatoms. The van der Waals surface area contributed by atoms with E-state index < -0.39 is 0 Å². The van der Waals surface area contributed by atoms with Crippen LogP contribution >= 0.6 is 0 Å². The van der Waals surface area contributed by atoms with Crippen LogP contribution in [0.3, 0.4) is 0 Å². The monoisotopic (exact) mass is 181 g/mol. The lowest BCUT2D eigenvalue weighted by Crippen LogP contribution is -2.18. The smallest absolute Gasteiger partial charge is 0.136 e. The van der Waals surface area contributed by atoms with Crippen LogP contribution < -0.4 is 0 Å². The summed E-state index contributed by atoms with van der Waals surface area (Å²) in [7, 11) is 2.00. The summed E-state index contributed by atoms with van der Waals surface area (Å²) in [5, 5.41) is 0. The maximum atomic E-state index is 12.6. The number of ether oxygens (including phenoxy) is 1. The zero-order chi connectivity index (χ0) is 9.26. The number of hydrogen-bond donors (Lipinski definition) is 0. The molecule has 1 heterocycles. The van der Waals surface area contributed by atoms with Crippen LogP contribution in [-0.4, -0.2) is 25.1 Å². The molecule has 0 spiro atoms. The summed E-state index contributed by atoms with van der Waals surface area (Å²) < 4.78 is 18.1. The fraction of sp³-hybridized carbons (Fsp3) is 0.400. The second kappa shape index (κ2) is 3.44. The van der Waals surface area contributed by atoms with Gasteiger partial charge in [-0.25, -0.2) is 4.39 Å². The van der Waals surface area contributed by atoms with Crippen molar-refractivity contribution in [3.05, 3.63) is 35.6 Å². The van der Waals surface area contributed by atoms with Crippen molar-refractivity contribution in [3.8, 4) is 0 Å². The molecule has 0 bridgehead atoms. The molecule has 0 saturated carbocycles.